The zero-order valence-electron chi connectivity index (χ0n) is 18.1. The molecule has 0 unspecified atom stereocenters. The fraction of sp³-hybridized carbons (Fsp3) is 0.500. The topological polar surface area (TPSA) is 59.5 Å². The third-order valence-electron chi connectivity index (χ3n) is 5.45. The molecule has 1 heterocycles. The highest BCUT2D eigenvalue weighted by Crippen LogP contribution is 2.37. The van der Waals surface area contributed by atoms with E-state index in [1.54, 1.807) is 6.92 Å². The fourth-order valence-corrected chi connectivity index (χ4v) is 4.59. The third-order valence-corrected chi connectivity index (χ3v) is 6.29. The molecule has 1 aromatic carbocycles. The summed E-state index contributed by atoms with van der Waals surface area (Å²) in [4.78, 5) is 30.6. The number of hydrogen-bond acceptors (Lipinski definition) is 5. The number of carbonyl (C=O) groups is 2. The van der Waals surface area contributed by atoms with E-state index >= 15 is 0 Å². The number of aromatic nitrogens is 1. The molecule has 0 N–H and O–H groups in total. The molecule has 0 aliphatic heterocycles. The van der Waals surface area contributed by atoms with Crippen molar-refractivity contribution < 1.29 is 40.7 Å². The van der Waals surface area contributed by atoms with Crippen molar-refractivity contribution in [2.24, 2.45) is 0 Å². The lowest BCUT2D eigenvalue weighted by atomic mass is 9.93. The van der Waals surface area contributed by atoms with Gasteiger partial charge in [-0.3, -0.25) is 4.79 Å². The summed E-state index contributed by atoms with van der Waals surface area (Å²) < 4.78 is 84.7. The van der Waals surface area contributed by atoms with Crippen molar-refractivity contribution in [1.29, 1.82) is 0 Å². The van der Waals surface area contributed by atoms with Gasteiger partial charge in [-0.05, 0) is 38.0 Å². The number of ether oxygens (including phenoxy) is 1. The molecule has 1 fully saturated rings. The Bertz CT molecular complexity index is 996. The Morgan fingerprint density at radius 3 is 2.15 bits per heavy atom. The Morgan fingerprint density at radius 2 is 1.62 bits per heavy atom. The van der Waals surface area contributed by atoms with Crippen molar-refractivity contribution in [3.63, 3.8) is 0 Å². The number of esters is 1. The van der Waals surface area contributed by atoms with Gasteiger partial charge in [-0.1, -0.05) is 19.3 Å². The molecule has 0 spiro atoms. The molecular formula is C22H22F6N2O3S. The lowest BCUT2D eigenvalue weighted by Crippen LogP contribution is -2.41. The minimum absolute atomic E-state index is 0.00578. The highest BCUT2D eigenvalue weighted by atomic mass is 32.1. The average Bonchev–Trinajstić information content (AvgIpc) is 3.25. The summed E-state index contributed by atoms with van der Waals surface area (Å²) in [6, 6.07) is 0.507. The molecule has 12 heteroatoms. The van der Waals surface area contributed by atoms with Crippen LogP contribution < -0.4 is 0 Å². The second-order valence-electron chi connectivity index (χ2n) is 7.87. The highest BCUT2D eigenvalue weighted by Gasteiger charge is 2.38. The van der Waals surface area contributed by atoms with Gasteiger partial charge >= 0.3 is 18.3 Å². The quantitative estimate of drug-likeness (QED) is 0.338. The van der Waals surface area contributed by atoms with Gasteiger partial charge in [-0.2, -0.15) is 26.3 Å². The smallest absolute Gasteiger partial charge is 0.416 e. The van der Waals surface area contributed by atoms with Gasteiger partial charge in [0.1, 0.15) is 5.01 Å². The summed E-state index contributed by atoms with van der Waals surface area (Å²) in [5, 5.41) is 1.76. The number of hydrogen-bond donors (Lipinski definition) is 0. The van der Waals surface area contributed by atoms with Gasteiger partial charge < -0.3 is 9.64 Å². The molecule has 0 bridgehead atoms. The second-order valence-corrected chi connectivity index (χ2v) is 8.81. The summed E-state index contributed by atoms with van der Waals surface area (Å²) in [7, 11) is 0. The molecule has 1 aliphatic rings. The third kappa shape index (κ3) is 6.28. The van der Waals surface area contributed by atoms with Gasteiger partial charge in [0.25, 0.3) is 5.91 Å². The van der Waals surface area contributed by atoms with E-state index in [1.807, 2.05) is 0 Å². The van der Waals surface area contributed by atoms with Crippen LogP contribution in [0.2, 0.25) is 0 Å². The minimum Gasteiger partial charge on any atom is -0.461 e. The van der Waals surface area contributed by atoms with Crippen LogP contribution in [-0.4, -0.2) is 34.4 Å². The zero-order valence-corrected chi connectivity index (χ0v) is 18.9. The van der Waals surface area contributed by atoms with E-state index in [-0.39, 0.29) is 31.0 Å². The van der Waals surface area contributed by atoms with Gasteiger partial charge in [-0.15, -0.1) is 11.3 Å². The molecule has 1 amide bonds. The first-order valence-electron chi connectivity index (χ1n) is 10.6. The van der Waals surface area contributed by atoms with E-state index in [0.29, 0.717) is 30.0 Å². The number of alkyl halides is 6. The van der Waals surface area contributed by atoms with Crippen molar-refractivity contribution in [2.45, 2.75) is 64.0 Å². The molecular weight excluding hydrogens is 486 g/mol. The molecule has 5 nitrogen and oxygen atoms in total. The van der Waals surface area contributed by atoms with Crippen molar-refractivity contribution in [3.8, 4) is 0 Å². The number of benzene rings is 1. The maximum atomic E-state index is 13.3. The van der Waals surface area contributed by atoms with Gasteiger partial charge in [0.05, 0.1) is 24.3 Å². The minimum atomic E-state index is -5.06. The van der Waals surface area contributed by atoms with E-state index < -0.39 is 40.9 Å². The summed E-state index contributed by atoms with van der Waals surface area (Å²) in [5.74, 6) is -1.61. The standard InChI is InChI=1S/C22H22F6N2O3S/c1-2-33-20(32)17-12-34-18(29-17)11-30(16-6-4-3-5-7-16)19(31)13-8-14(21(23,24)25)10-15(9-13)22(26,27)28/h8-10,12,16H,2-7,11H2,1H3. The first-order valence-corrected chi connectivity index (χ1v) is 11.5. The van der Waals surface area contributed by atoms with E-state index in [0.717, 1.165) is 30.6 Å². The molecule has 0 atom stereocenters. The Morgan fingerprint density at radius 1 is 1.03 bits per heavy atom. The number of rotatable bonds is 6. The van der Waals surface area contributed by atoms with Crippen molar-refractivity contribution in [3.05, 3.63) is 51.0 Å². The first-order chi connectivity index (χ1) is 15.9. The molecule has 2 aromatic rings. The monoisotopic (exact) mass is 508 g/mol. The number of thiazole rings is 1. The van der Waals surface area contributed by atoms with Gasteiger partial charge in [0.15, 0.2) is 5.69 Å². The summed E-state index contributed by atoms with van der Waals surface area (Å²) in [6.07, 6.45) is -6.52. The normalized spacial score (nSPS) is 15.3. The molecule has 1 saturated carbocycles. The Balaban J connectivity index is 1.98. The van der Waals surface area contributed by atoms with Crippen LogP contribution in [-0.2, 0) is 23.6 Å². The number of carbonyl (C=O) groups excluding carboxylic acids is 2. The Hall–Kier alpha value is -2.63. The van der Waals surface area contributed by atoms with Crippen LogP contribution in [0.1, 0.15) is 76.0 Å². The van der Waals surface area contributed by atoms with E-state index in [2.05, 4.69) is 4.98 Å². The second kappa shape index (κ2) is 10.3. The van der Waals surface area contributed by atoms with Crippen LogP contribution >= 0.6 is 11.3 Å². The summed E-state index contributed by atoms with van der Waals surface area (Å²) >= 11 is 1.06. The molecule has 186 valence electrons. The maximum Gasteiger partial charge on any atom is 0.416 e. The van der Waals surface area contributed by atoms with Crippen LogP contribution in [0, 0.1) is 0 Å². The van der Waals surface area contributed by atoms with Gasteiger partial charge in [-0.25, -0.2) is 9.78 Å². The largest absolute Gasteiger partial charge is 0.461 e. The zero-order chi connectivity index (χ0) is 25.1. The molecule has 34 heavy (non-hydrogen) atoms. The number of amides is 1. The molecule has 0 radical (unpaired) electrons. The summed E-state index contributed by atoms with van der Waals surface area (Å²) in [6.45, 7) is 1.61. The molecule has 0 saturated heterocycles. The maximum absolute atomic E-state index is 13.3. The molecule has 1 aromatic heterocycles. The lowest BCUT2D eigenvalue weighted by Gasteiger charge is -2.34. The van der Waals surface area contributed by atoms with Crippen LogP contribution in [0.15, 0.2) is 23.6 Å². The van der Waals surface area contributed by atoms with Crippen LogP contribution in [0.4, 0.5) is 26.3 Å². The Kier molecular flexibility index (Phi) is 7.89. The van der Waals surface area contributed by atoms with Gasteiger partial charge in [0.2, 0.25) is 0 Å². The molecule has 1 aliphatic carbocycles. The number of nitrogens with zero attached hydrogens (tertiary/aromatic N) is 2. The predicted molar refractivity (Wildman–Crippen MR) is 111 cm³/mol. The van der Waals surface area contributed by atoms with Crippen LogP contribution in [0.25, 0.3) is 0 Å². The van der Waals surface area contributed by atoms with Gasteiger partial charge in [0, 0.05) is 17.0 Å². The van der Waals surface area contributed by atoms with E-state index in [1.165, 1.54) is 10.3 Å². The van der Waals surface area contributed by atoms with E-state index in [4.69, 9.17) is 4.74 Å². The van der Waals surface area contributed by atoms with Crippen LogP contribution in [0.3, 0.4) is 0 Å². The van der Waals surface area contributed by atoms with E-state index in [9.17, 15) is 35.9 Å². The first kappa shape index (κ1) is 26.0. The highest BCUT2D eigenvalue weighted by molar-refractivity contribution is 7.09. The summed E-state index contributed by atoms with van der Waals surface area (Å²) in [5.41, 5.74) is -3.77. The van der Waals surface area contributed by atoms with Crippen LogP contribution in [0.5, 0.6) is 0 Å². The van der Waals surface area contributed by atoms with Crippen molar-refractivity contribution in [2.75, 3.05) is 6.61 Å². The fourth-order valence-electron chi connectivity index (χ4n) is 3.83. The number of halogens is 6. The average molecular weight is 508 g/mol. The Labute approximate surface area is 195 Å². The predicted octanol–water partition coefficient (Wildman–Crippen LogP) is 6.33. The molecule has 3 rings (SSSR count). The SMILES string of the molecule is CCOC(=O)c1csc(CN(C(=O)c2cc(C(F)(F)F)cc(C(F)(F)F)c2)C2CCCCC2)n1. The van der Waals surface area contributed by atoms with Crippen molar-refractivity contribution in [1.82, 2.24) is 9.88 Å². The van der Waals surface area contributed by atoms with Crippen molar-refractivity contribution >= 4 is 23.2 Å². The lowest BCUT2D eigenvalue weighted by molar-refractivity contribution is -0.143.